The minimum absolute atomic E-state index is 0.0238. The molecule has 1 saturated heterocycles. The van der Waals surface area contributed by atoms with Gasteiger partial charge in [0, 0.05) is 33.1 Å². The highest BCUT2D eigenvalue weighted by atomic mass is 32.2. The van der Waals surface area contributed by atoms with Crippen LogP contribution in [-0.2, 0) is 9.59 Å². The second-order valence-corrected chi connectivity index (χ2v) is 6.47. The van der Waals surface area contributed by atoms with Crippen molar-refractivity contribution in [2.24, 2.45) is 0 Å². The average Bonchev–Trinajstić information content (AvgIpc) is 3.08. The number of amides is 2. The second kappa shape index (κ2) is 7.60. The van der Waals surface area contributed by atoms with E-state index in [1.165, 1.54) is 35.5 Å². The molecule has 2 heterocycles. The largest absolute Gasteiger partial charge is 0.339 e. The lowest BCUT2D eigenvalue weighted by molar-refractivity contribution is -0.136. The van der Waals surface area contributed by atoms with Crippen molar-refractivity contribution in [3.63, 3.8) is 0 Å². The third-order valence-corrected chi connectivity index (χ3v) is 4.80. The Morgan fingerprint density at radius 1 is 1.20 bits per heavy atom. The van der Waals surface area contributed by atoms with Gasteiger partial charge in [0.1, 0.15) is 5.82 Å². The van der Waals surface area contributed by atoms with E-state index in [2.05, 4.69) is 15.5 Å². The molecule has 0 spiro atoms. The van der Waals surface area contributed by atoms with E-state index in [0.29, 0.717) is 37.0 Å². The van der Waals surface area contributed by atoms with Crippen molar-refractivity contribution in [3.8, 4) is 5.69 Å². The van der Waals surface area contributed by atoms with Gasteiger partial charge in [-0.3, -0.25) is 9.59 Å². The van der Waals surface area contributed by atoms with Crippen molar-refractivity contribution in [1.82, 2.24) is 30.0 Å². The first-order valence-electron chi connectivity index (χ1n) is 7.75. The molecule has 1 aromatic heterocycles. The Morgan fingerprint density at radius 3 is 2.60 bits per heavy atom. The number of carbonyl (C=O) groups excluding carboxylic acids is 2. The van der Waals surface area contributed by atoms with Crippen molar-refractivity contribution in [2.45, 2.75) is 12.1 Å². The summed E-state index contributed by atoms with van der Waals surface area (Å²) in [6, 6.07) is 5.92. The summed E-state index contributed by atoms with van der Waals surface area (Å²) >= 11 is 1.20. The molecule has 0 N–H and O–H groups in total. The topological polar surface area (TPSA) is 84.2 Å². The van der Waals surface area contributed by atoms with E-state index in [-0.39, 0.29) is 23.4 Å². The van der Waals surface area contributed by atoms with E-state index in [0.717, 1.165) is 0 Å². The van der Waals surface area contributed by atoms with Crippen molar-refractivity contribution in [3.05, 3.63) is 30.1 Å². The molecule has 0 saturated carbocycles. The molecule has 1 aliphatic rings. The molecular weight excluding hydrogens is 347 g/mol. The predicted octanol–water partition coefficient (Wildman–Crippen LogP) is 0.584. The van der Waals surface area contributed by atoms with Crippen LogP contribution >= 0.6 is 11.8 Å². The maximum Gasteiger partial charge on any atom is 0.233 e. The summed E-state index contributed by atoms with van der Waals surface area (Å²) in [5.74, 6) is -0.225. The predicted molar refractivity (Wildman–Crippen MR) is 88.7 cm³/mol. The van der Waals surface area contributed by atoms with Gasteiger partial charge in [0.2, 0.25) is 17.0 Å². The highest BCUT2D eigenvalue weighted by Gasteiger charge is 2.23. The van der Waals surface area contributed by atoms with E-state index in [1.807, 2.05) is 0 Å². The van der Waals surface area contributed by atoms with Gasteiger partial charge in [-0.25, -0.2) is 4.39 Å². The molecular formula is C15H17FN6O2S. The lowest BCUT2D eigenvalue weighted by Crippen LogP contribution is -2.50. The van der Waals surface area contributed by atoms with Crippen molar-refractivity contribution in [1.29, 1.82) is 0 Å². The molecule has 10 heteroatoms. The maximum absolute atomic E-state index is 13.4. The van der Waals surface area contributed by atoms with E-state index in [9.17, 15) is 14.0 Å². The molecule has 1 aliphatic heterocycles. The summed E-state index contributed by atoms with van der Waals surface area (Å²) in [4.78, 5) is 27.1. The number of aromatic nitrogens is 4. The minimum Gasteiger partial charge on any atom is -0.339 e. The Bertz CT molecular complexity index is 775. The Kier molecular flexibility index (Phi) is 5.27. The lowest BCUT2D eigenvalue weighted by Gasteiger charge is -2.34. The zero-order valence-electron chi connectivity index (χ0n) is 13.6. The molecule has 1 fully saturated rings. The first-order chi connectivity index (χ1) is 12.0. The molecule has 2 amide bonds. The standard InChI is InChI=1S/C15H17FN6O2S/c1-11(23)20-5-7-21(8-6-20)14(24)10-25-15-17-18-19-22(15)13-4-2-3-12(16)9-13/h2-4,9H,5-8,10H2,1H3. The average molecular weight is 364 g/mol. The minimum atomic E-state index is -0.386. The molecule has 3 rings (SSSR count). The fraction of sp³-hybridized carbons (Fsp3) is 0.400. The van der Waals surface area contributed by atoms with E-state index >= 15 is 0 Å². The Labute approximate surface area is 148 Å². The van der Waals surface area contributed by atoms with Crippen LogP contribution in [0.2, 0.25) is 0 Å². The van der Waals surface area contributed by atoms with Gasteiger partial charge in [0.25, 0.3) is 0 Å². The fourth-order valence-corrected chi connectivity index (χ4v) is 3.32. The molecule has 0 atom stereocenters. The Morgan fingerprint density at radius 2 is 1.92 bits per heavy atom. The highest BCUT2D eigenvalue weighted by molar-refractivity contribution is 7.99. The molecule has 0 bridgehead atoms. The van der Waals surface area contributed by atoms with Crippen LogP contribution in [0.1, 0.15) is 6.92 Å². The zero-order chi connectivity index (χ0) is 17.8. The molecule has 0 unspecified atom stereocenters. The van der Waals surface area contributed by atoms with Gasteiger partial charge in [-0.1, -0.05) is 17.8 Å². The van der Waals surface area contributed by atoms with Gasteiger partial charge < -0.3 is 9.80 Å². The van der Waals surface area contributed by atoms with Gasteiger partial charge in [0.05, 0.1) is 11.4 Å². The van der Waals surface area contributed by atoms with Gasteiger partial charge in [-0.2, -0.15) is 4.68 Å². The molecule has 0 radical (unpaired) electrons. The Hall–Kier alpha value is -2.49. The maximum atomic E-state index is 13.4. The fourth-order valence-electron chi connectivity index (χ4n) is 2.53. The number of rotatable bonds is 4. The number of piperazine rings is 1. The van der Waals surface area contributed by atoms with Crippen LogP contribution in [0.4, 0.5) is 4.39 Å². The number of tetrazole rings is 1. The quantitative estimate of drug-likeness (QED) is 0.738. The second-order valence-electron chi connectivity index (χ2n) is 5.53. The summed E-state index contributed by atoms with van der Waals surface area (Å²) in [7, 11) is 0. The number of nitrogens with zero attached hydrogens (tertiary/aromatic N) is 6. The van der Waals surface area contributed by atoms with Crippen LogP contribution in [0.3, 0.4) is 0 Å². The zero-order valence-corrected chi connectivity index (χ0v) is 14.4. The van der Waals surface area contributed by atoms with Crippen LogP contribution in [0.25, 0.3) is 5.69 Å². The summed E-state index contributed by atoms with van der Waals surface area (Å²) in [6.45, 7) is 3.67. The van der Waals surface area contributed by atoms with Crippen molar-refractivity contribution >= 4 is 23.6 Å². The normalized spacial score (nSPS) is 14.6. The van der Waals surface area contributed by atoms with Crippen LogP contribution in [-0.4, -0.2) is 73.8 Å². The monoisotopic (exact) mass is 364 g/mol. The van der Waals surface area contributed by atoms with E-state index in [1.54, 1.807) is 21.9 Å². The smallest absolute Gasteiger partial charge is 0.233 e. The summed E-state index contributed by atoms with van der Waals surface area (Å²) in [5.41, 5.74) is 0.495. The third-order valence-electron chi connectivity index (χ3n) is 3.90. The highest BCUT2D eigenvalue weighted by Crippen LogP contribution is 2.19. The lowest BCUT2D eigenvalue weighted by atomic mass is 10.3. The number of benzene rings is 1. The summed E-state index contributed by atoms with van der Waals surface area (Å²) in [5, 5.41) is 11.8. The van der Waals surface area contributed by atoms with Crippen molar-refractivity contribution < 1.29 is 14.0 Å². The van der Waals surface area contributed by atoms with E-state index in [4.69, 9.17) is 0 Å². The van der Waals surface area contributed by atoms with Gasteiger partial charge >= 0.3 is 0 Å². The van der Waals surface area contributed by atoms with E-state index < -0.39 is 0 Å². The van der Waals surface area contributed by atoms with Crippen LogP contribution in [0.5, 0.6) is 0 Å². The number of hydrogen-bond acceptors (Lipinski definition) is 6. The van der Waals surface area contributed by atoms with Crippen molar-refractivity contribution in [2.75, 3.05) is 31.9 Å². The molecule has 2 aromatic rings. The molecule has 8 nitrogen and oxygen atoms in total. The molecule has 132 valence electrons. The summed E-state index contributed by atoms with van der Waals surface area (Å²) in [6.07, 6.45) is 0. The summed E-state index contributed by atoms with van der Waals surface area (Å²) < 4.78 is 14.8. The SMILES string of the molecule is CC(=O)N1CCN(C(=O)CSc2nnnn2-c2cccc(F)c2)CC1. The molecule has 25 heavy (non-hydrogen) atoms. The van der Waals surface area contributed by atoms with Gasteiger partial charge in [-0.05, 0) is 28.6 Å². The van der Waals surface area contributed by atoms with Crippen LogP contribution < -0.4 is 0 Å². The first-order valence-corrected chi connectivity index (χ1v) is 8.73. The number of carbonyl (C=O) groups is 2. The first kappa shape index (κ1) is 17.3. The number of hydrogen-bond donors (Lipinski definition) is 0. The third kappa shape index (κ3) is 4.13. The van der Waals surface area contributed by atoms with Gasteiger partial charge in [-0.15, -0.1) is 5.10 Å². The number of halogens is 1. The molecule has 0 aliphatic carbocycles. The van der Waals surface area contributed by atoms with Crippen LogP contribution in [0.15, 0.2) is 29.4 Å². The van der Waals surface area contributed by atoms with Gasteiger partial charge in [0.15, 0.2) is 0 Å². The van der Waals surface area contributed by atoms with Crippen LogP contribution in [0, 0.1) is 5.82 Å². The Balaban J connectivity index is 1.59. The number of thioether (sulfide) groups is 1. The molecule has 1 aromatic carbocycles.